The van der Waals surface area contributed by atoms with E-state index in [9.17, 15) is 14.8 Å². The van der Waals surface area contributed by atoms with Crippen molar-refractivity contribution < 1.29 is 29.0 Å². The quantitative estimate of drug-likeness (QED) is 0.190. The van der Waals surface area contributed by atoms with E-state index in [0.717, 1.165) is 11.1 Å². The maximum atomic E-state index is 12.8. The molecule has 2 rings (SSSR count). The predicted molar refractivity (Wildman–Crippen MR) is 120 cm³/mol. The van der Waals surface area contributed by atoms with Gasteiger partial charge in [0.05, 0.1) is 19.8 Å². The summed E-state index contributed by atoms with van der Waals surface area (Å²) in [6.45, 7) is 4.54. The highest BCUT2D eigenvalue weighted by molar-refractivity contribution is 5.94. The van der Waals surface area contributed by atoms with Gasteiger partial charge in [0, 0.05) is 18.1 Å². The number of hydrogen-bond donors (Lipinski definition) is 3. The number of carbonyl (C=O) groups is 2. The molecule has 2 aromatic carbocycles. The summed E-state index contributed by atoms with van der Waals surface area (Å²) < 4.78 is 16.1. The van der Waals surface area contributed by atoms with Gasteiger partial charge in [-0.25, -0.2) is 5.48 Å². The Morgan fingerprint density at radius 2 is 1.78 bits per heavy atom. The first kappa shape index (κ1) is 25.3. The molecule has 0 heterocycles. The third-order valence-corrected chi connectivity index (χ3v) is 5.05. The van der Waals surface area contributed by atoms with Crippen LogP contribution in [0, 0.1) is 12.8 Å². The number of methoxy groups -OCH3 is 1. The van der Waals surface area contributed by atoms with Crippen molar-refractivity contribution >= 4 is 11.8 Å². The number of hydrogen-bond acceptors (Lipinski definition) is 6. The highest BCUT2D eigenvalue weighted by atomic mass is 16.7. The Bertz CT molecular complexity index is 856. The van der Waals surface area contributed by atoms with Crippen LogP contribution in [-0.2, 0) is 20.7 Å². The third kappa shape index (κ3) is 7.96. The lowest BCUT2D eigenvalue weighted by Gasteiger charge is -2.24. The van der Waals surface area contributed by atoms with Crippen LogP contribution in [0.25, 0.3) is 0 Å². The van der Waals surface area contributed by atoms with Gasteiger partial charge in [-0.3, -0.25) is 14.8 Å². The Labute approximate surface area is 188 Å². The summed E-state index contributed by atoms with van der Waals surface area (Å²) in [7, 11) is 1.56. The van der Waals surface area contributed by atoms with Crippen molar-refractivity contribution in [2.24, 2.45) is 5.92 Å². The fourth-order valence-corrected chi connectivity index (χ4v) is 3.33. The largest absolute Gasteiger partial charge is 0.496 e. The van der Waals surface area contributed by atoms with Crippen LogP contribution in [-0.4, -0.2) is 50.2 Å². The van der Waals surface area contributed by atoms with Crippen LogP contribution in [0.5, 0.6) is 5.75 Å². The number of ether oxygens (including phenoxy) is 3. The van der Waals surface area contributed by atoms with Gasteiger partial charge in [-0.05, 0) is 50.5 Å². The van der Waals surface area contributed by atoms with E-state index in [1.807, 2.05) is 50.2 Å². The van der Waals surface area contributed by atoms with E-state index in [0.29, 0.717) is 24.3 Å². The molecule has 0 aliphatic rings. The van der Waals surface area contributed by atoms with Gasteiger partial charge in [0.15, 0.2) is 0 Å². The normalized spacial score (nSPS) is 12.6. The van der Waals surface area contributed by atoms with Crippen molar-refractivity contribution in [2.75, 3.05) is 27.1 Å². The molecule has 0 unspecified atom stereocenters. The fraction of sp³-hybridized carbons (Fsp3) is 0.417. The summed E-state index contributed by atoms with van der Waals surface area (Å²) in [5.74, 6) is -0.794. The third-order valence-electron chi connectivity index (χ3n) is 5.05. The Morgan fingerprint density at radius 3 is 2.44 bits per heavy atom. The van der Waals surface area contributed by atoms with Crippen molar-refractivity contribution in [1.29, 1.82) is 0 Å². The molecule has 8 heteroatoms. The number of hydroxylamine groups is 1. The van der Waals surface area contributed by atoms with Gasteiger partial charge in [0.25, 0.3) is 5.91 Å². The van der Waals surface area contributed by atoms with Crippen LogP contribution in [0.1, 0.15) is 34.8 Å². The molecule has 0 fully saturated rings. The zero-order valence-electron chi connectivity index (χ0n) is 18.8. The monoisotopic (exact) mass is 444 g/mol. The first-order valence-electron chi connectivity index (χ1n) is 10.6. The molecule has 8 nitrogen and oxygen atoms in total. The summed E-state index contributed by atoms with van der Waals surface area (Å²) in [4.78, 5) is 25.2. The molecule has 0 aliphatic heterocycles. The van der Waals surface area contributed by atoms with E-state index in [1.54, 1.807) is 24.7 Å². The summed E-state index contributed by atoms with van der Waals surface area (Å²) in [6, 6.07) is 14.1. The standard InChI is InChI=1S/C24H32N2O6/c1-4-31-16-32-15-21(25-23(27)18-11-9-17(2)10-12-18)14-20(24(28)26-29)13-19-7-5-6-8-22(19)30-3/h5-12,20-21,29H,4,13-16H2,1-3H3,(H,25,27)(H,26,28)/t20-,21-/m0/s1. The van der Waals surface area contributed by atoms with Gasteiger partial charge in [0.2, 0.25) is 5.91 Å². The van der Waals surface area contributed by atoms with E-state index < -0.39 is 17.9 Å². The van der Waals surface area contributed by atoms with Crippen LogP contribution in [0.15, 0.2) is 48.5 Å². The van der Waals surface area contributed by atoms with Crippen LogP contribution < -0.4 is 15.5 Å². The second-order valence-corrected chi connectivity index (χ2v) is 7.44. The first-order chi connectivity index (χ1) is 15.5. The van der Waals surface area contributed by atoms with Crippen molar-refractivity contribution in [3.63, 3.8) is 0 Å². The Balaban J connectivity index is 2.17. The summed E-state index contributed by atoms with van der Waals surface area (Å²) in [6.07, 6.45) is 0.562. The highest BCUT2D eigenvalue weighted by Gasteiger charge is 2.26. The lowest BCUT2D eigenvalue weighted by Crippen LogP contribution is -2.42. The van der Waals surface area contributed by atoms with E-state index in [2.05, 4.69) is 5.32 Å². The number of aryl methyl sites for hydroxylation is 1. The molecule has 0 bridgehead atoms. The minimum atomic E-state index is -0.629. The van der Waals surface area contributed by atoms with E-state index in [4.69, 9.17) is 14.2 Å². The van der Waals surface area contributed by atoms with Crippen LogP contribution in [0.4, 0.5) is 0 Å². The zero-order chi connectivity index (χ0) is 23.3. The molecule has 2 aromatic rings. The van der Waals surface area contributed by atoms with Gasteiger partial charge >= 0.3 is 0 Å². The molecule has 32 heavy (non-hydrogen) atoms. The van der Waals surface area contributed by atoms with Gasteiger partial charge in [-0.2, -0.15) is 0 Å². The molecule has 3 N–H and O–H groups in total. The molecular formula is C24H32N2O6. The topological polar surface area (TPSA) is 106 Å². The molecule has 0 aliphatic carbocycles. The number of para-hydroxylation sites is 1. The summed E-state index contributed by atoms with van der Waals surface area (Å²) in [5.41, 5.74) is 4.12. The van der Waals surface area contributed by atoms with Gasteiger partial charge in [-0.1, -0.05) is 35.9 Å². The summed E-state index contributed by atoms with van der Waals surface area (Å²) in [5, 5.41) is 12.2. The molecule has 2 amide bonds. The average Bonchev–Trinajstić information content (AvgIpc) is 2.81. The first-order valence-corrected chi connectivity index (χ1v) is 10.6. The molecule has 0 aromatic heterocycles. The maximum Gasteiger partial charge on any atom is 0.251 e. The molecule has 174 valence electrons. The minimum Gasteiger partial charge on any atom is -0.496 e. The second-order valence-electron chi connectivity index (χ2n) is 7.44. The van der Waals surface area contributed by atoms with E-state index in [1.165, 1.54) is 0 Å². The molecule has 0 radical (unpaired) electrons. The van der Waals surface area contributed by atoms with E-state index in [-0.39, 0.29) is 25.7 Å². The van der Waals surface area contributed by atoms with E-state index >= 15 is 0 Å². The van der Waals surface area contributed by atoms with Gasteiger partial charge < -0.3 is 19.5 Å². The Kier molecular flexibility index (Phi) is 10.7. The van der Waals surface area contributed by atoms with Crippen molar-refractivity contribution in [1.82, 2.24) is 10.8 Å². The molecular weight excluding hydrogens is 412 g/mol. The smallest absolute Gasteiger partial charge is 0.251 e. The minimum absolute atomic E-state index is 0.0801. The highest BCUT2D eigenvalue weighted by Crippen LogP contribution is 2.23. The molecule has 0 saturated heterocycles. The van der Waals surface area contributed by atoms with Crippen LogP contribution in [0.3, 0.4) is 0 Å². The number of amides is 2. The molecule has 0 saturated carbocycles. The van der Waals surface area contributed by atoms with Crippen molar-refractivity contribution in [3.8, 4) is 5.75 Å². The zero-order valence-corrected chi connectivity index (χ0v) is 18.8. The number of rotatable bonds is 13. The van der Waals surface area contributed by atoms with Gasteiger partial charge in [0.1, 0.15) is 12.5 Å². The molecule has 0 spiro atoms. The maximum absolute atomic E-state index is 12.8. The van der Waals surface area contributed by atoms with Crippen molar-refractivity contribution in [3.05, 3.63) is 65.2 Å². The SMILES string of the molecule is CCOCOC[C@H](C[C@H](Cc1ccccc1OC)C(=O)NO)NC(=O)c1ccc(C)cc1. The Morgan fingerprint density at radius 1 is 1.06 bits per heavy atom. The second kappa shape index (κ2) is 13.5. The average molecular weight is 445 g/mol. The van der Waals surface area contributed by atoms with Crippen LogP contribution in [0.2, 0.25) is 0 Å². The van der Waals surface area contributed by atoms with Gasteiger partial charge in [-0.15, -0.1) is 0 Å². The lowest BCUT2D eigenvalue weighted by atomic mass is 9.91. The Hall–Kier alpha value is -2.94. The van der Waals surface area contributed by atoms with Crippen molar-refractivity contribution in [2.45, 2.75) is 32.7 Å². The predicted octanol–water partition coefficient (Wildman–Crippen LogP) is 2.87. The van der Waals surface area contributed by atoms with Crippen LogP contribution >= 0.6 is 0 Å². The number of benzene rings is 2. The number of nitrogens with one attached hydrogen (secondary N) is 2. The number of carbonyl (C=O) groups excluding carboxylic acids is 2. The molecule has 2 atom stereocenters. The fourth-order valence-electron chi connectivity index (χ4n) is 3.33. The summed E-state index contributed by atoms with van der Waals surface area (Å²) >= 11 is 0. The lowest BCUT2D eigenvalue weighted by molar-refractivity contribution is -0.134.